The number of nitrogens with zero attached hydrogens (tertiary/aromatic N) is 1. The van der Waals surface area contributed by atoms with Gasteiger partial charge in [-0.3, -0.25) is 0 Å². The predicted octanol–water partition coefficient (Wildman–Crippen LogP) is 2.91. The van der Waals surface area contributed by atoms with Crippen LogP contribution in [0, 0.1) is 17.2 Å². The minimum atomic E-state index is -4.52. The minimum Gasteiger partial charge on any atom is -0.375 e. The first-order valence-electron chi connectivity index (χ1n) is 4.62. The molecule has 1 aromatic rings. The lowest BCUT2D eigenvalue weighted by molar-refractivity contribution is -0.172. The standard InChI is InChI=1S/C11H10F3NO/c12-11(13,14)10(6-15)8-16-7-9-4-2-1-3-5-9/h1-5,10H,7-8H2. The van der Waals surface area contributed by atoms with Crippen LogP contribution in [0.3, 0.4) is 0 Å². The van der Waals surface area contributed by atoms with E-state index in [0.29, 0.717) is 0 Å². The number of hydrogen-bond donors (Lipinski definition) is 0. The number of benzene rings is 1. The normalized spacial score (nSPS) is 13.1. The molecule has 0 spiro atoms. The molecule has 1 aromatic carbocycles. The van der Waals surface area contributed by atoms with Crippen molar-refractivity contribution in [2.24, 2.45) is 5.92 Å². The van der Waals surface area contributed by atoms with Gasteiger partial charge in [-0.2, -0.15) is 18.4 Å². The summed E-state index contributed by atoms with van der Waals surface area (Å²) in [5.74, 6) is -2.06. The number of alkyl halides is 3. The molecule has 0 bridgehead atoms. The van der Waals surface area contributed by atoms with Crippen molar-refractivity contribution in [3.63, 3.8) is 0 Å². The number of ether oxygens (including phenoxy) is 1. The third-order valence-corrected chi connectivity index (χ3v) is 1.95. The Balaban J connectivity index is 2.39. The van der Waals surface area contributed by atoms with Crippen molar-refractivity contribution in [1.29, 1.82) is 5.26 Å². The maximum Gasteiger partial charge on any atom is 0.406 e. The molecular formula is C11H10F3NO. The van der Waals surface area contributed by atoms with Gasteiger partial charge < -0.3 is 4.74 Å². The van der Waals surface area contributed by atoms with E-state index in [1.165, 1.54) is 6.07 Å². The molecule has 5 heteroatoms. The zero-order valence-electron chi connectivity index (χ0n) is 8.37. The van der Waals surface area contributed by atoms with E-state index in [4.69, 9.17) is 10.00 Å². The smallest absolute Gasteiger partial charge is 0.375 e. The van der Waals surface area contributed by atoms with E-state index >= 15 is 0 Å². The Kier molecular flexibility index (Phi) is 4.32. The van der Waals surface area contributed by atoms with E-state index in [0.717, 1.165) is 5.56 Å². The molecule has 2 nitrogen and oxygen atoms in total. The molecular weight excluding hydrogens is 219 g/mol. The summed E-state index contributed by atoms with van der Waals surface area (Å²) in [5, 5.41) is 8.31. The summed E-state index contributed by atoms with van der Waals surface area (Å²) < 4.78 is 41.3. The van der Waals surface area contributed by atoms with E-state index < -0.39 is 18.7 Å². The van der Waals surface area contributed by atoms with E-state index in [9.17, 15) is 13.2 Å². The van der Waals surface area contributed by atoms with Crippen LogP contribution < -0.4 is 0 Å². The van der Waals surface area contributed by atoms with Gasteiger partial charge in [-0.1, -0.05) is 30.3 Å². The van der Waals surface area contributed by atoms with Crippen molar-refractivity contribution in [3.8, 4) is 6.07 Å². The summed E-state index contributed by atoms with van der Waals surface area (Å²) in [6.07, 6.45) is -4.52. The van der Waals surface area contributed by atoms with Crippen molar-refractivity contribution < 1.29 is 17.9 Å². The zero-order chi connectivity index (χ0) is 12.0. The third-order valence-electron chi connectivity index (χ3n) is 1.95. The molecule has 0 saturated heterocycles. The van der Waals surface area contributed by atoms with Crippen molar-refractivity contribution in [1.82, 2.24) is 0 Å². The first-order chi connectivity index (χ1) is 7.54. The van der Waals surface area contributed by atoms with Crippen LogP contribution in [0.1, 0.15) is 5.56 Å². The van der Waals surface area contributed by atoms with Crippen LogP contribution in [0.2, 0.25) is 0 Å². The van der Waals surface area contributed by atoms with Crippen LogP contribution in [-0.4, -0.2) is 12.8 Å². The highest BCUT2D eigenvalue weighted by Gasteiger charge is 2.39. The van der Waals surface area contributed by atoms with E-state index in [1.54, 1.807) is 30.3 Å². The van der Waals surface area contributed by atoms with Crippen LogP contribution >= 0.6 is 0 Å². The van der Waals surface area contributed by atoms with Crippen molar-refractivity contribution in [2.75, 3.05) is 6.61 Å². The summed E-state index contributed by atoms with van der Waals surface area (Å²) in [6, 6.07) is 10.0. The first kappa shape index (κ1) is 12.5. The van der Waals surface area contributed by atoms with Crippen molar-refractivity contribution in [2.45, 2.75) is 12.8 Å². The van der Waals surface area contributed by atoms with Gasteiger partial charge in [-0.05, 0) is 5.56 Å². The van der Waals surface area contributed by atoms with Gasteiger partial charge in [0.2, 0.25) is 0 Å². The van der Waals surface area contributed by atoms with Crippen LogP contribution in [-0.2, 0) is 11.3 Å². The second-order valence-electron chi connectivity index (χ2n) is 3.22. The highest BCUT2D eigenvalue weighted by Crippen LogP contribution is 2.25. The topological polar surface area (TPSA) is 33.0 Å². The lowest BCUT2D eigenvalue weighted by atomic mass is 10.2. The largest absolute Gasteiger partial charge is 0.406 e. The van der Waals surface area contributed by atoms with Gasteiger partial charge >= 0.3 is 6.18 Å². The molecule has 0 radical (unpaired) electrons. The highest BCUT2D eigenvalue weighted by atomic mass is 19.4. The van der Waals surface area contributed by atoms with Crippen LogP contribution in [0.4, 0.5) is 13.2 Å². The maximum atomic E-state index is 12.1. The molecule has 0 aliphatic heterocycles. The van der Waals surface area contributed by atoms with E-state index in [-0.39, 0.29) is 6.61 Å². The molecule has 86 valence electrons. The Hall–Kier alpha value is -1.54. The molecule has 0 amide bonds. The zero-order valence-corrected chi connectivity index (χ0v) is 8.37. The average Bonchev–Trinajstić information content (AvgIpc) is 2.24. The minimum absolute atomic E-state index is 0.0785. The fourth-order valence-electron chi connectivity index (χ4n) is 1.07. The summed E-state index contributed by atoms with van der Waals surface area (Å²) >= 11 is 0. The quantitative estimate of drug-likeness (QED) is 0.795. The van der Waals surface area contributed by atoms with Gasteiger partial charge in [-0.25, -0.2) is 0 Å². The Labute approximate surface area is 91.3 Å². The molecule has 0 aliphatic rings. The Morgan fingerprint density at radius 1 is 1.25 bits per heavy atom. The highest BCUT2D eigenvalue weighted by molar-refractivity contribution is 5.13. The van der Waals surface area contributed by atoms with Gasteiger partial charge in [0.1, 0.15) is 0 Å². The van der Waals surface area contributed by atoms with Crippen molar-refractivity contribution >= 4 is 0 Å². The molecule has 0 saturated carbocycles. The van der Waals surface area contributed by atoms with Gasteiger partial charge in [0.05, 0.1) is 19.3 Å². The number of hydrogen-bond acceptors (Lipinski definition) is 2. The SMILES string of the molecule is N#CC(COCc1ccccc1)C(F)(F)F. The second-order valence-corrected chi connectivity index (χ2v) is 3.22. The average molecular weight is 229 g/mol. The molecule has 1 rings (SSSR count). The summed E-state index contributed by atoms with van der Waals surface area (Å²) in [5.41, 5.74) is 0.779. The molecule has 0 heterocycles. The molecule has 0 aliphatic carbocycles. The van der Waals surface area contributed by atoms with Gasteiger partial charge in [0.15, 0.2) is 5.92 Å². The summed E-state index contributed by atoms with van der Waals surface area (Å²) in [7, 11) is 0. The Morgan fingerprint density at radius 2 is 1.88 bits per heavy atom. The molecule has 0 fully saturated rings. The molecule has 0 aromatic heterocycles. The van der Waals surface area contributed by atoms with Gasteiger partial charge in [0.25, 0.3) is 0 Å². The fourth-order valence-corrected chi connectivity index (χ4v) is 1.07. The van der Waals surface area contributed by atoms with Crippen molar-refractivity contribution in [3.05, 3.63) is 35.9 Å². The first-order valence-corrected chi connectivity index (χ1v) is 4.62. The number of rotatable bonds is 4. The van der Waals surface area contributed by atoms with Crippen LogP contribution in [0.25, 0.3) is 0 Å². The fraction of sp³-hybridized carbons (Fsp3) is 0.364. The summed E-state index contributed by atoms with van der Waals surface area (Å²) in [4.78, 5) is 0. The van der Waals surface area contributed by atoms with Crippen LogP contribution in [0.15, 0.2) is 30.3 Å². The Morgan fingerprint density at radius 3 is 2.38 bits per heavy atom. The van der Waals surface area contributed by atoms with E-state index in [1.807, 2.05) is 0 Å². The lowest BCUT2D eigenvalue weighted by Gasteiger charge is -2.13. The number of halogens is 3. The van der Waals surface area contributed by atoms with E-state index in [2.05, 4.69) is 0 Å². The maximum absolute atomic E-state index is 12.1. The second kappa shape index (κ2) is 5.52. The summed E-state index contributed by atoms with van der Waals surface area (Å²) in [6.45, 7) is -0.552. The Bertz CT molecular complexity index is 356. The molecule has 1 unspecified atom stereocenters. The monoisotopic (exact) mass is 229 g/mol. The third kappa shape index (κ3) is 3.91. The molecule has 1 atom stereocenters. The van der Waals surface area contributed by atoms with Gasteiger partial charge in [0, 0.05) is 0 Å². The van der Waals surface area contributed by atoms with Crippen LogP contribution in [0.5, 0.6) is 0 Å². The molecule has 0 N–H and O–H groups in total. The van der Waals surface area contributed by atoms with Gasteiger partial charge in [-0.15, -0.1) is 0 Å². The number of nitriles is 1. The molecule has 16 heavy (non-hydrogen) atoms. The predicted molar refractivity (Wildman–Crippen MR) is 51.3 cm³/mol. The lowest BCUT2D eigenvalue weighted by Crippen LogP contribution is -2.25.